The minimum Gasteiger partial charge on any atom is -0.460 e. The number of hydrogen-bond donors (Lipinski definition) is 1. The number of carbonyl (C=O) groups is 1. The summed E-state index contributed by atoms with van der Waals surface area (Å²) in [5.41, 5.74) is 6.83. The van der Waals surface area contributed by atoms with Crippen LogP contribution < -0.4 is 15.4 Å². The average Bonchev–Trinajstić information content (AvgIpc) is 2.99. The average molecular weight is 390 g/mol. The van der Waals surface area contributed by atoms with Crippen molar-refractivity contribution in [2.45, 2.75) is 77.7 Å². The molecule has 1 aromatic heterocycles. The summed E-state index contributed by atoms with van der Waals surface area (Å²) in [7, 11) is 0. The first-order valence-electron chi connectivity index (χ1n) is 10.9. The van der Waals surface area contributed by atoms with Crippen LogP contribution in [-0.4, -0.2) is 53.1 Å². The zero-order valence-electron chi connectivity index (χ0n) is 17.5. The highest BCUT2D eigenvalue weighted by Gasteiger charge is 2.32. The Balaban J connectivity index is 1.53. The van der Waals surface area contributed by atoms with Crippen molar-refractivity contribution in [3.63, 3.8) is 0 Å². The number of likely N-dealkylation sites (tertiary alicyclic amines) is 1. The molecule has 2 N–H and O–H groups in total. The van der Waals surface area contributed by atoms with E-state index >= 15 is 0 Å². The smallest absolute Gasteiger partial charge is 0.320 e. The van der Waals surface area contributed by atoms with Crippen molar-refractivity contribution >= 4 is 17.5 Å². The molecule has 2 aliphatic rings. The molecule has 2 aliphatic heterocycles. The molecule has 0 radical (unpaired) electrons. The molecule has 0 aliphatic carbocycles. The van der Waals surface area contributed by atoms with Gasteiger partial charge in [-0.2, -0.15) is 9.97 Å². The third-order valence-corrected chi connectivity index (χ3v) is 5.69. The van der Waals surface area contributed by atoms with E-state index in [4.69, 9.17) is 10.5 Å². The van der Waals surface area contributed by atoms with Gasteiger partial charge in [0.25, 0.3) is 0 Å². The topological polar surface area (TPSA) is 84.6 Å². The Labute approximate surface area is 168 Å². The first kappa shape index (κ1) is 20.8. The normalized spacial score (nSPS) is 18.4. The summed E-state index contributed by atoms with van der Waals surface area (Å²) in [6, 6.07) is 0.280. The Morgan fingerprint density at radius 3 is 2.61 bits per heavy atom. The molecule has 3 rings (SSSR count). The number of nitrogens with two attached hydrogens (primary N) is 1. The number of nitrogens with zero attached hydrogens (tertiary/aromatic N) is 4. The molecule has 156 valence electrons. The van der Waals surface area contributed by atoms with Crippen LogP contribution in [0.2, 0.25) is 0 Å². The molecule has 1 saturated heterocycles. The molecule has 7 nitrogen and oxygen atoms in total. The van der Waals surface area contributed by atoms with Crippen LogP contribution >= 0.6 is 0 Å². The van der Waals surface area contributed by atoms with Crippen molar-refractivity contribution in [3.05, 3.63) is 5.56 Å². The monoisotopic (exact) mass is 389 g/mol. The van der Waals surface area contributed by atoms with E-state index < -0.39 is 0 Å². The van der Waals surface area contributed by atoms with Gasteiger partial charge in [0.2, 0.25) is 5.91 Å². The fraction of sp³-hybridized carbons (Fsp3) is 0.762. The first-order valence-corrected chi connectivity index (χ1v) is 10.9. The third-order valence-electron chi connectivity index (χ3n) is 5.69. The summed E-state index contributed by atoms with van der Waals surface area (Å²) >= 11 is 0. The van der Waals surface area contributed by atoms with E-state index in [1.54, 1.807) is 4.90 Å². The van der Waals surface area contributed by atoms with Crippen LogP contribution in [0.25, 0.3) is 0 Å². The van der Waals surface area contributed by atoms with Crippen molar-refractivity contribution in [1.82, 2.24) is 14.9 Å². The largest absolute Gasteiger partial charge is 0.460 e. The Bertz CT molecular complexity index is 660. The minimum atomic E-state index is 0.0304. The zero-order valence-corrected chi connectivity index (χ0v) is 17.5. The van der Waals surface area contributed by atoms with Crippen molar-refractivity contribution in [2.75, 3.05) is 36.8 Å². The van der Waals surface area contributed by atoms with Crippen LogP contribution in [-0.2, 0) is 11.2 Å². The van der Waals surface area contributed by atoms with E-state index in [1.807, 2.05) is 6.92 Å². The molecule has 0 saturated carbocycles. The van der Waals surface area contributed by atoms with E-state index in [0.29, 0.717) is 24.6 Å². The molecule has 28 heavy (non-hydrogen) atoms. The summed E-state index contributed by atoms with van der Waals surface area (Å²) in [6.07, 6.45) is 9.61. The summed E-state index contributed by atoms with van der Waals surface area (Å²) in [5.74, 6) is 1.07. The number of rotatable bonds is 10. The van der Waals surface area contributed by atoms with Crippen LogP contribution in [0.1, 0.15) is 70.8 Å². The van der Waals surface area contributed by atoms with Crippen LogP contribution in [0.15, 0.2) is 0 Å². The van der Waals surface area contributed by atoms with Crippen molar-refractivity contribution in [1.29, 1.82) is 0 Å². The molecule has 0 aromatic carbocycles. The molecule has 0 bridgehead atoms. The summed E-state index contributed by atoms with van der Waals surface area (Å²) < 4.78 is 5.81. The number of unbranched alkanes of at least 4 members (excludes halogenated alkanes) is 2. The maximum absolute atomic E-state index is 12.5. The maximum Gasteiger partial charge on any atom is 0.320 e. The highest BCUT2D eigenvalue weighted by atomic mass is 16.5. The maximum atomic E-state index is 12.5. The number of hydrogen-bond acceptors (Lipinski definition) is 6. The van der Waals surface area contributed by atoms with E-state index in [1.165, 1.54) is 45.3 Å². The molecule has 1 fully saturated rings. The van der Waals surface area contributed by atoms with E-state index in [9.17, 15) is 4.79 Å². The van der Waals surface area contributed by atoms with Crippen LogP contribution in [0.3, 0.4) is 0 Å². The molecular weight excluding hydrogens is 354 g/mol. The predicted molar refractivity (Wildman–Crippen MR) is 112 cm³/mol. The Kier molecular flexibility index (Phi) is 7.48. The zero-order chi connectivity index (χ0) is 19.9. The molecule has 1 atom stereocenters. The highest BCUT2D eigenvalue weighted by Crippen LogP contribution is 2.32. The van der Waals surface area contributed by atoms with Gasteiger partial charge < -0.3 is 15.4 Å². The van der Waals surface area contributed by atoms with Gasteiger partial charge in [-0.05, 0) is 58.7 Å². The van der Waals surface area contributed by atoms with Gasteiger partial charge in [0.05, 0.1) is 12.5 Å². The lowest BCUT2D eigenvalue weighted by molar-refractivity contribution is -0.117. The highest BCUT2D eigenvalue weighted by molar-refractivity contribution is 6.01. The van der Waals surface area contributed by atoms with Gasteiger partial charge in [0, 0.05) is 12.1 Å². The Morgan fingerprint density at radius 1 is 1.11 bits per heavy atom. The number of aromatic nitrogens is 2. The summed E-state index contributed by atoms with van der Waals surface area (Å²) in [6.45, 7) is 8.46. The number of carbonyl (C=O) groups excluding carboxylic acids is 1. The Morgan fingerprint density at radius 2 is 1.86 bits per heavy atom. The number of amides is 1. The lowest BCUT2D eigenvalue weighted by Crippen LogP contribution is -2.31. The second-order valence-corrected chi connectivity index (χ2v) is 8.10. The molecule has 3 heterocycles. The number of fused-ring (bicyclic) bond motifs is 1. The third kappa shape index (κ3) is 5.34. The SMILES string of the molecule is CCC[C@H](C)Oc1nc(N)c2c(n1)N(CCCCCN1CCCCC1)C(=O)C2. The number of ether oxygens (including phenoxy) is 1. The lowest BCUT2D eigenvalue weighted by atomic mass is 10.1. The van der Waals surface area contributed by atoms with Crippen LogP contribution in [0, 0.1) is 0 Å². The number of anilines is 2. The lowest BCUT2D eigenvalue weighted by Gasteiger charge is -2.26. The van der Waals surface area contributed by atoms with Gasteiger partial charge in [0.15, 0.2) is 0 Å². The van der Waals surface area contributed by atoms with Gasteiger partial charge in [-0.3, -0.25) is 9.69 Å². The second kappa shape index (κ2) is 10.0. The van der Waals surface area contributed by atoms with E-state index in [-0.39, 0.29) is 18.0 Å². The Hall–Kier alpha value is -1.89. The second-order valence-electron chi connectivity index (χ2n) is 8.10. The molecule has 1 amide bonds. The predicted octanol–water partition coefficient (Wildman–Crippen LogP) is 3.17. The molecular formula is C21H35N5O2. The van der Waals surface area contributed by atoms with Gasteiger partial charge in [-0.15, -0.1) is 0 Å². The summed E-state index contributed by atoms with van der Waals surface area (Å²) in [5, 5.41) is 0. The number of nitrogen functional groups attached to an aromatic ring is 1. The van der Waals surface area contributed by atoms with Crippen molar-refractivity contribution in [2.24, 2.45) is 0 Å². The molecule has 0 unspecified atom stereocenters. The molecule has 1 aromatic rings. The molecule has 7 heteroatoms. The van der Waals surface area contributed by atoms with E-state index in [2.05, 4.69) is 21.8 Å². The fourth-order valence-electron chi connectivity index (χ4n) is 4.12. The first-order chi connectivity index (χ1) is 13.6. The van der Waals surface area contributed by atoms with Crippen molar-refractivity contribution < 1.29 is 9.53 Å². The fourth-order valence-corrected chi connectivity index (χ4v) is 4.12. The van der Waals surface area contributed by atoms with Gasteiger partial charge >= 0.3 is 6.01 Å². The van der Waals surface area contributed by atoms with Gasteiger partial charge in [0.1, 0.15) is 11.6 Å². The summed E-state index contributed by atoms with van der Waals surface area (Å²) in [4.78, 5) is 25.6. The standard InChI is InChI=1S/C21H35N5O2/c1-3-10-16(2)28-21-23-19(22)17-15-18(27)26(20(17)24-21)14-9-5-8-13-25-11-6-4-7-12-25/h16H,3-15H2,1-2H3,(H2,22,23,24)/t16-/m0/s1. The number of piperidine rings is 1. The van der Waals surface area contributed by atoms with Crippen LogP contribution in [0.4, 0.5) is 11.6 Å². The molecule has 0 spiro atoms. The van der Waals surface area contributed by atoms with Crippen molar-refractivity contribution in [3.8, 4) is 6.01 Å². The van der Waals surface area contributed by atoms with Gasteiger partial charge in [-0.1, -0.05) is 26.2 Å². The van der Waals surface area contributed by atoms with Crippen LogP contribution in [0.5, 0.6) is 6.01 Å². The minimum absolute atomic E-state index is 0.0304. The van der Waals surface area contributed by atoms with Gasteiger partial charge in [-0.25, -0.2) is 0 Å². The van der Waals surface area contributed by atoms with E-state index in [0.717, 1.165) is 31.2 Å². The quantitative estimate of drug-likeness (QED) is 0.619.